The third-order valence-electron chi connectivity index (χ3n) is 2.29. The van der Waals surface area contributed by atoms with Crippen LogP contribution in [0.3, 0.4) is 0 Å². The van der Waals surface area contributed by atoms with Gasteiger partial charge in [-0.05, 0) is 30.5 Å². The highest BCUT2D eigenvalue weighted by molar-refractivity contribution is 6.30. The quantitative estimate of drug-likeness (QED) is 0.561. The topological polar surface area (TPSA) is 26.3 Å². The fraction of sp³-hybridized carbons (Fsp3) is 0.462. The molecule has 0 unspecified atom stereocenters. The van der Waals surface area contributed by atoms with E-state index in [0.717, 1.165) is 18.4 Å². The lowest BCUT2D eigenvalue weighted by Crippen LogP contribution is -2.06. The number of carbonyl (C=O) groups is 1. The summed E-state index contributed by atoms with van der Waals surface area (Å²) in [4.78, 5) is 11.3. The highest BCUT2D eigenvalue weighted by atomic mass is 35.5. The normalized spacial score (nSPS) is 10.1. The van der Waals surface area contributed by atoms with Crippen LogP contribution in [0.5, 0.6) is 0 Å². The predicted molar refractivity (Wildman–Crippen MR) is 65.6 cm³/mol. The highest BCUT2D eigenvalue weighted by Crippen LogP contribution is 2.11. The van der Waals surface area contributed by atoms with Crippen LogP contribution in [0.4, 0.5) is 0 Å². The third-order valence-corrected chi connectivity index (χ3v) is 2.54. The van der Waals surface area contributed by atoms with Crippen molar-refractivity contribution in [3.05, 3.63) is 34.9 Å². The number of carbonyl (C=O) groups excluding carboxylic acids is 1. The summed E-state index contributed by atoms with van der Waals surface area (Å²) in [7, 11) is 0. The van der Waals surface area contributed by atoms with Crippen LogP contribution in [0.2, 0.25) is 5.02 Å². The first-order chi connectivity index (χ1) is 7.72. The number of rotatable bonds is 6. The maximum Gasteiger partial charge on any atom is 0.306 e. The molecule has 3 heteroatoms. The van der Waals surface area contributed by atoms with Gasteiger partial charge < -0.3 is 4.74 Å². The molecule has 0 saturated heterocycles. The number of hydrogen-bond acceptors (Lipinski definition) is 2. The van der Waals surface area contributed by atoms with Crippen molar-refractivity contribution >= 4 is 17.6 Å². The van der Waals surface area contributed by atoms with E-state index in [1.807, 2.05) is 24.3 Å². The van der Waals surface area contributed by atoms with Crippen molar-refractivity contribution in [3.63, 3.8) is 0 Å². The number of esters is 1. The maximum absolute atomic E-state index is 11.3. The van der Waals surface area contributed by atoms with Gasteiger partial charge in [0.25, 0.3) is 0 Å². The SMILES string of the molecule is CCCCOC(=O)CCc1ccc(Cl)cc1. The molecule has 0 radical (unpaired) electrons. The molecule has 0 amide bonds. The summed E-state index contributed by atoms with van der Waals surface area (Å²) in [5.74, 6) is -0.122. The van der Waals surface area contributed by atoms with Crippen molar-refractivity contribution in [3.8, 4) is 0 Å². The molecule has 0 spiro atoms. The molecule has 0 fully saturated rings. The Labute approximate surface area is 102 Å². The van der Waals surface area contributed by atoms with Crippen LogP contribution in [0.25, 0.3) is 0 Å². The molecule has 1 rings (SSSR count). The van der Waals surface area contributed by atoms with Gasteiger partial charge in [-0.3, -0.25) is 4.79 Å². The van der Waals surface area contributed by atoms with Crippen molar-refractivity contribution in [2.24, 2.45) is 0 Å². The second-order valence-electron chi connectivity index (χ2n) is 3.70. The third kappa shape index (κ3) is 5.17. The van der Waals surface area contributed by atoms with E-state index < -0.39 is 0 Å². The largest absolute Gasteiger partial charge is 0.466 e. The van der Waals surface area contributed by atoms with Crippen LogP contribution in [0, 0.1) is 0 Å². The van der Waals surface area contributed by atoms with Gasteiger partial charge in [-0.25, -0.2) is 0 Å². The van der Waals surface area contributed by atoms with Gasteiger partial charge >= 0.3 is 5.97 Å². The van der Waals surface area contributed by atoms with Gasteiger partial charge in [0.2, 0.25) is 0 Å². The molecule has 88 valence electrons. The van der Waals surface area contributed by atoms with E-state index in [4.69, 9.17) is 16.3 Å². The Bertz CT molecular complexity index is 319. The zero-order valence-electron chi connectivity index (χ0n) is 9.54. The molecule has 2 nitrogen and oxygen atoms in total. The van der Waals surface area contributed by atoms with E-state index in [-0.39, 0.29) is 5.97 Å². The molecule has 0 heterocycles. The van der Waals surface area contributed by atoms with Crippen molar-refractivity contribution < 1.29 is 9.53 Å². The summed E-state index contributed by atoms with van der Waals surface area (Å²) in [5, 5.41) is 0.717. The van der Waals surface area contributed by atoms with E-state index in [0.29, 0.717) is 24.5 Å². The van der Waals surface area contributed by atoms with Crippen LogP contribution in [0.15, 0.2) is 24.3 Å². The molecular weight excluding hydrogens is 224 g/mol. The highest BCUT2D eigenvalue weighted by Gasteiger charge is 2.03. The van der Waals surface area contributed by atoms with Crippen LogP contribution in [-0.4, -0.2) is 12.6 Å². The first-order valence-electron chi connectivity index (χ1n) is 5.62. The lowest BCUT2D eigenvalue weighted by Gasteiger charge is -2.04. The molecule has 1 aromatic rings. The number of hydrogen-bond donors (Lipinski definition) is 0. The standard InChI is InChI=1S/C13H17ClO2/c1-2-3-10-16-13(15)9-6-11-4-7-12(14)8-5-11/h4-5,7-8H,2-3,6,9-10H2,1H3. The summed E-state index contributed by atoms with van der Waals surface area (Å²) in [6.45, 7) is 2.61. The van der Waals surface area contributed by atoms with Crippen LogP contribution >= 0.6 is 11.6 Å². The molecule has 0 atom stereocenters. The number of benzene rings is 1. The van der Waals surface area contributed by atoms with Crippen LogP contribution < -0.4 is 0 Å². The molecule has 0 bridgehead atoms. The van der Waals surface area contributed by atoms with Gasteiger partial charge in [-0.15, -0.1) is 0 Å². The lowest BCUT2D eigenvalue weighted by molar-refractivity contribution is -0.143. The number of halogens is 1. The average molecular weight is 241 g/mol. The van der Waals surface area contributed by atoms with Crippen LogP contribution in [-0.2, 0) is 16.0 Å². The Morgan fingerprint density at radius 3 is 2.62 bits per heavy atom. The fourth-order valence-electron chi connectivity index (χ4n) is 1.30. The Morgan fingerprint density at radius 1 is 1.31 bits per heavy atom. The smallest absolute Gasteiger partial charge is 0.306 e. The molecule has 1 aromatic carbocycles. The van der Waals surface area contributed by atoms with Crippen molar-refractivity contribution in [1.82, 2.24) is 0 Å². The second-order valence-corrected chi connectivity index (χ2v) is 4.14. The van der Waals surface area contributed by atoms with Gasteiger partial charge in [0.1, 0.15) is 0 Å². The number of ether oxygens (including phenoxy) is 1. The van der Waals surface area contributed by atoms with Crippen LogP contribution in [0.1, 0.15) is 31.7 Å². The van der Waals surface area contributed by atoms with Gasteiger partial charge in [-0.1, -0.05) is 37.1 Å². The maximum atomic E-state index is 11.3. The molecule has 0 aromatic heterocycles. The molecular formula is C13H17ClO2. The summed E-state index contributed by atoms with van der Waals surface area (Å²) in [5.41, 5.74) is 1.11. The minimum Gasteiger partial charge on any atom is -0.466 e. The van der Waals surface area contributed by atoms with Crippen molar-refractivity contribution in [1.29, 1.82) is 0 Å². The monoisotopic (exact) mass is 240 g/mol. The van der Waals surface area contributed by atoms with E-state index in [9.17, 15) is 4.79 Å². The summed E-state index contributed by atoms with van der Waals surface area (Å²) >= 11 is 5.77. The Hall–Kier alpha value is -1.02. The lowest BCUT2D eigenvalue weighted by atomic mass is 10.1. The number of aryl methyl sites for hydroxylation is 1. The van der Waals surface area contributed by atoms with Gasteiger partial charge in [0.15, 0.2) is 0 Å². The van der Waals surface area contributed by atoms with E-state index >= 15 is 0 Å². The van der Waals surface area contributed by atoms with Gasteiger partial charge in [0, 0.05) is 11.4 Å². The molecule has 0 aliphatic carbocycles. The fourth-order valence-corrected chi connectivity index (χ4v) is 1.43. The van der Waals surface area contributed by atoms with E-state index in [1.54, 1.807) is 0 Å². The first kappa shape index (κ1) is 13.0. The molecule has 0 N–H and O–H groups in total. The van der Waals surface area contributed by atoms with E-state index in [1.165, 1.54) is 0 Å². The second kappa shape index (κ2) is 7.29. The summed E-state index contributed by atoms with van der Waals surface area (Å²) in [6, 6.07) is 7.53. The predicted octanol–water partition coefficient (Wildman–Crippen LogP) is 3.62. The average Bonchev–Trinajstić information content (AvgIpc) is 2.29. The van der Waals surface area contributed by atoms with Gasteiger partial charge in [-0.2, -0.15) is 0 Å². The molecule has 16 heavy (non-hydrogen) atoms. The molecule has 0 aliphatic rings. The van der Waals surface area contributed by atoms with E-state index in [2.05, 4.69) is 6.92 Å². The zero-order valence-corrected chi connectivity index (χ0v) is 10.3. The Balaban J connectivity index is 2.23. The molecule has 0 saturated carbocycles. The summed E-state index contributed by atoms with van der Waals surface area (Å²) < 4.78 is 5.06. The Kier molecular flexibility index (Phi) is 5.94. The van der Waals surface area contributed by atoms with Crippen molar-refractivity contribution in [2.75, 3.05) is 6.61 Å². The summed E-state index contributed by atoms with van der Waals surface area (Å²) in [6.07, 6.45) is 3.13. The first-order valence-corrected chi connectivity index (χ1v) is 6.00. The minimum absolute atomic E-state index is 0.122. The minimum atomic E-state index is -0.122. The number of unbranched alkanes of at least 4 members (excludes halogenated alkanes) is 1. The van der Waals surface area contributed by atoms with Crippen molar-refractivity contribution in [2.45, 2.75) is 32.6 Å². The Morgan fingerprint density at radius 2 is 2.00 bits per heavy atom. The zero-order chi connectivity index (χ0) is 11.8. The molecule has 0 aliphatic heterocycles. The van der Waals surface area contributed by atoms with Gasteiger partial charge in [0.05, 0.1) is 6.61 Å².